The fourth-order valence-corrected chi connectivity index (χ4v) is 1.81. The van der Waals surface area contributed by atoms with Gasteiger partial charge in [0.2, 0.25) is 0 Å². The summed E-state index contributed by atoms with van der Waals surface area (Å²) in [5, 5.41) is 7.80. The molecule has 0 spiro atoms. The van der Waals surface area contributed by atoms with Crippen molar-refractivity contribution in [1.29, 1.82) is 0 Å². The van der Waals surface area contributed by atoms with E-state index in [9.17, 15) is 4.79 Å². The number of carbonyl (C=O) groups excluding carboxylic acids is 1. The van der Waals surface area contributed by atoms with Gasteiger partial charge in [0, 0.05) is 13.0 Å². The number of hydrogen-bond acceptors (Lipinski definition) is 4. The summed E-state index contributed by atoms with van der Waals surface area (Å²) in [7, 11) is 1.63. The van der Waals surface area contributed by atoms with Crippen molar-refractivity contribution in [3.05, 3.63) is 41.2 Å². The average Bonchev–Trinajstić information content (AvgIpc) is 2.81. The SMILES string of the molecule is CCn1nnc(C=O)c1Cc1ccc(OC)cc1. The molecule has 0 atom stereocenters. The number of benzene rings is 1. The van der Waals surface area contributed by atoms with Gasteiger partial charge in [0.25, 0.3) is 0 Å². The largest absolute Gasteiger partial charge is 0.497 e. The van der Waals surface area contributed by atoms with Gasteiger partial charge in [-0.2, -0.15) is 0 Å². The van der Waals surface area contributed by atoms with E-state index in [2.05, 4.69) is 10.3 Å². The summed E-state index contributed by atoms with van der Waals surface area (Å²) >= 11 is 0. The zero-order valence-corrected chi connectivity index (χ0v) is 10.5. The highest BCUT2D eigenvalue weighted by Crippen LogP contribution is 2.15. The molecule has 0 aliphatic rings. The van der Waals surface area contributed by atoms with Crippen LogP contribution in [0.3, 0.4) is 0 Å². The van der Waals surface area contributed by atoms with Crippen molar-refractivity contribution in [1.82, 2.24) is 15.0 Å². The van der Waals surface area contributed by atoms with Gasteiger partial charge in [-0.3, -0.25) is 4.79 Å². The summed E-state index contributed by atoms with van der Waals surface area (Å²) in [5.41, 5.74) is 2.35. The van der Waals surface area contributed by atoms with Crippen molar-refractivity contribution in [3.63, 3.8) is 0 Å². The van der Waals surface area contributed by atoms with Gasteiger partial charge in [-0.25, -0.2) is 4.68 Å². The number of methoxy groups -OCH3 is 1. The van der Waals surface area contributed by atoms with E-state index in [1.54, 1.807) is 11.8 Å². The molecule has 0 amide bonds. The topological polar surface area (TPSA) is 57.0 Å². The molecular formula is C13H15N3O2. The third-order valence-electron chi connectivity index (χ3n) is 2.81. The number of aldehydes is 1. The molecule has 0 aliphatic heterocycles. The molecule has 1 heterocycles. The van der Waals surface area contributed by atoms with Crippen LogP contribution in [0.2, 0.25) is 0 Å². The minimum atomic E-state index is 0.410. The van der Waals surface area contributed by atoms with Gasteiger partial charge in [-0.1, -0.05) is 17.3 Å². The number of carbonyl (C=O) groups is 1. The zero-order chi connectivity index (χ0) is 13.0. The lowest BCUT2D eigenvalue weighted by Crippen LogP contribution is -2.05. The minimum Gasteiger partial charge on any atom is -0.497 e. The highest BCUT2D eigenvalue weighted by Gasteiger charge is 2.11. The number of aryl methyl sites for hydroxylation is 1. The Balaban J connectivity index is 2.26. The second kappa shape index (κ2) is 5.44. The molecule has 0 radical (unpaired) electrons. The molecule has 0 fully saturated rings. The molecule has 94 valence electrons. The third kappa shape index (κ3) is 2.40. The molecular weight excluding hydrogens is 230 g/mol. The summed E-state index contributed by atoms with van der Waals surface area (Å²) in [4.78, 5) is 10.9. The predicted molar refractivity (Wildman–Crippen MR) is 66.9 cm³/mol. The fraction of sp³-hybridized carbons (Fsp3) is 0.308. The maximum Gasteiger partial charge on any atom is 0.172 e. The van der Waals surface area contributed by atoms with E-state index in [0.717, 1.165) is 23.3 Å². The molecule has 0 aliphatic carbocycles. The minimum absolute atomic E-state index is 0.410. The van der Waals surface area contributed by atoms with E-state index < -0.39 is 0 Å². The molecule has 0 N–H and O–H groups in total. The highest BCUT2D eigenvalue weighted by atomic mass is 16.5. The lowest BCUT2D eigenvalue weighted by atomic mass is 10.1. The number of rotatable bonds is 5. The Kier molecular flexibility index (Phi) is 3.72. The Morgan fingerprint density at radius 1 is 1.33 bits per heavy atom. The Labute approximate surface area is 105 Å². The summed E-state index contributed by atoms with van der Waals surface area (Å²) in [6.45, 7) is 2.67. The van der Waals surface area contributed by atoms with E-state index in [1.807, 2.05) is 31.2 Å². The average molecular weight is 245 g/mol. The first-order valence-corrected chi connectivity index (χ1v) is 5.79. The van der Waals surface area contributed by atoms with Crippen LogP contribution < -0.4 is 4.74 Å². The first-order chi connectivity index (χ1) is 8.78. The number of hydrogen-bond donors (Lipinski definition) is 0. The van der Waals surface area contributed by atoms with Crippen LogP contribution in [-0.2, 0) is 13.0 Å². The Bertz CT molecular complexity index is 532. The second-order valence-electron chi connectivity index (χ2n) is 3.88. The van der Waals surface area contributed by atoms with Gasteiger partial charge in [-0.15, -0.1) is 5.10 Å². The van der Waals surface area contributed by atoms with Crippen molar-refractivity contribution in [2.75, 3.05) is 7.11 Å². The van der Waals surface area contributed by atoms with E-state index in [0.29, 0.717) is 18.7 Å². The molecule has 1 aromatic carbocycles. The van der Waals surface area contributed by atoms with Crippen LogP contribution in [0.5, 0.6) is 5.75 Å². The number of nitrogens with zero attached hydrogens (tertiary/aromatic N) is 3. The normalized spacial score (nSPS) is 10.3. The summed E-state index contributed by atoms with van der Waals surface area (Å²) < 4.78 is 6.85. The van der Waals surface area contributed by atoms with Gasteiger partial charge in [-0.05, 0) is 24.6 Å². The molecule has 0 saturated carbocycles. The smallest absolute Gasteiger partial charge is 0.172 e. The van der Waals surface area contributed by atoms with Crippen LogP contribution >= 0.6 is 0 Å². The van der Waals surface area contributed by atoms with Gasteiger partial charge in [0.05, 0.1) is 12.8 Å². The predicted octanol–water partition coefficient (Wildman–Crippen LogP) is 1.71. The van der Waals surface area contributed by atoms with Crippen LogP contribution in [-0.4, -0.2) is 28.4 Å². The molecule has 0 saturated heterocycles. The summed E-state index contributed by atoms with van der Waals surface area (Å²) in [5.74, 6) is 0.816. The van der Waals surface area contributed by atoms with Crippen LogP contribution in [0.15, 0.2) is 24.3 Å². The third-order valence-corrected chi connectivity index (χ3v) is 2.81. The van der Waals surface area contributed by atoms with E-state index in [1.165, 1.54) is 0 Å². The molecule has 1 aromatic heterocycles. The standard InChI is InChI=1S/C13H15N3O2/c1-3-16-13(12(9-17)14-15-16)8-10-4-6-11(18-2)7-5-10/h4-7,9H,3,8H2,1-2H3. The van der Waals surface area contributed by atoms with E-state index in [4.69, 9.17) is 4.74 Å². The quantitative estimate of drug-likeness (QED) is 0.752. The molecule has 18 heavy (non-hydrogen) atoms. The van der Waals surface area contributed by atoms with Crippen molar-refractivity contribution in [3.8, 4) is 5.75 Å². The monoisotopic (exact) mass is 245 g/mol. The van der Waals surface area contributed by atoms with Crippen LogP contribution in [0, 0.1) is 0 Å². The fourth-order valence-electron chi connectivity index (χ4n) is 1.81. The lowest BCUT2D eigenvalue weighted by molar-refractivity contribution is 0.111. The van der Waals surface area contributed by atoms with Gasteiger partial charge in [0.15, 0.2) is 6.29 Å². The maximum absolute atomic E-state index is 10.9. The summed E-state index contributed by atoms with van der Waals surface area (Å²) in [6.07, 6.45) is 1.39. The number of aromatic nitrogens is 3. The second-order valence-corrected chi connectivity index (χ2v) is 3.88. The van der Waals surface area contributed by atoms with Crippen molar-refractivity contribution in [2.45, 2.75) is 19.9 Å². The van der Waals surface area contributed by atoms with E-state index >= 15 is 0 Å². The first-order valence-electron chi connectivity index (χ1n) is 5.79. The van der Waals surface area contributed by atoms with Gasteiger partial charge >= 0.3 is 0 Å². The molecule has 5 heteroatoms. The molecule has 0 bridgehead atoms. The first kappa shape index (κ1) is 12.3. The van der Waals surface area contributed by atoms with Crippen LogP contribution in [0.25, 0.3) is 0 Å². The number of ether oxygens (including phenoxy) is 1. The Hall–Kier alpha value is -2.17. The highest BCUT2D eigenvalue weighted by molar-refractivity contribution is 5.73. The van der Waals surface area contributed by atoms with Crippen LogP contribution in [0.4, 0.5) is 0 Å². The van der Waals surface area contributed by atoms with E-state index in [-0.39, 0.29) is 0 Å². The Morgan fingerprint density at radius 3 is 2.61 bits per heavy atom. The Morgan fingerprint density at radius 2 is 2.06 bits per heavy atom. The molecule has 2 rings (SSSR count). The molecule has 0 unspecified atom stereocenters. The lowest BCUT2D eigenvalue weighted by Gasteiger charge is -2.05. The van der Waals surface area contributed by atoms with Crippen molar-refractivity contribution < 1.29 is 9.53 Å². The van der Waals surface area contributed by atoms with Gasteiger partial charge in [0.1, 0.15) is 11.4 Å². The maximum atomic E-state index is 10.9. The molecule has 5 nitrogen and oxygen atoms in total. The zero-order valence-electron chi connectivity index (χ0n) is 10.5. The van der Waals surface area contributed by atoms with Gasteiger partial charge < -0.3 is 4.74 Å². The van der Waals surface area contributed by atoms with Crippen molar-refractivity contribution in [2.24, 2.45) is 0 Å². The van der Waals surface area contributed by atoms with Crippen molar-refractivity contribution >= 4 is 6.29 Å². The van der Waals surface area contributed by atoms with Crippen LogP contribution in [0.1, 0.15) is 28.7 Å². The summed E-state index contributed by atoms with van der Waals surface area (Å²) in [6, 6.07) is 7.74. The molecule has 2 aromatic rings.